The second-order valence-electron chi connectivity index (χ2n) is 9.92. The highest BCUT2D eigenvalue weighted by molar-refractivity contribution is 5.74. The SMILES string of the molecule is CC(C)(CCN1CCN(C(=O)OC(C)(C)C)C(C=O)C1)CC(=O)OCc1ccccc1. The van der Waals surface area contributed by atoms with E-state index in [1.54, 1.807) is 0 Å². The average molecular weight is 433 g/mol. The zero-order chi connectivity index (χ0) is 23.1. The smallest absolute Gasteiger partial charge is 0.410 e. The molecule has 7 heteroatoms. The summed E-state index contributed by atoms with van der Waals surface area (Å²) in [7, 11) is 0. The van der Waals surface area contributed by atoms with E-state index in [9.17, 15) is 14.4 Å². The molecular weight excluding hydrogens is 396 g/mol. The number of hydrogen-bond acceptors (Lipinski definition) is 6. The number of hydrogen-bond donors (Lipinski definition) is 0. The molecule has 1 aliphatic rings. The van der Waals surface area contributed by atoms with Crippen LogP contribution < -0.4 is 0 Å². The van der Waals surface area contributed by atoms with Gasteiger partial charge in [0.1, 0.15) is 24.5 Å². The molecule has 1 unspecified atom stereocenters. The molecule has 0 spiro atoms. The number of aldehydes is 1. The second-order valence-corrected chi connectivity index (χ2v) is 9.92. The van der Waals surface area contributed by atoms with Gasteiger partial charge in [-0.05, 0) is 44.7 Å². The van der Waals surface area contributed by atoms with E-state index in [1.165, 1.54) is 4.90 Å². The number of piperazine rings is 1. The van der Waals surface area contributed by atoms with E-state index in [-0.39, 0.29) is 18.0 Å². The van der Waals surface area contributed by atoms with E-state index in [0.29, 0.717) is 26.1 Å². The molecule has 0 aromatic heterocycles. The lowest BCUT2D eigenvalue weighted by atomic mass is 9.85. The van der Waals surface area contributed by atoms with Crippen molar-refractivity contribution in [3.05, 3.63) is 35.9 Å². The molecule has 2 rings (SSSR count). The predicted molar refractivity (Wildman–Crippen MR) is 118 cm³/mol. The van der Waals surface area contributed by atoms with Gasteiger partial charge in [0.25, 0.3) is 0 Å². The average Bonchev–Trinajstić information content (AvgIpc) is 2.69. The molecule has 1 aromatic carbocycles. The fourth-order valence-electron chi connectivity index (χ4n) is 3.47. The third-order valence-electron chi connectivity index (χ3n) is 5.26. The van der Waals surface area contributed by atoms with E-state index < -0.39 is 17.7 Å². The van der Waals surface area contributed by atoms with Crippen molar-refractivity contribution in [2.24, 2.45) is 5.41 Å². The maximum Gasteiger partial charge on any atom is 0.410 e. The largest absolute Gasteiger partial charge is 0.461 e. The normalized spacial score (nSPS) is 17.8. The van der Waals surface area contributed by atoms with Crippen molar-refractivity contribution in [1.82, 2.24) is 9.80 Å². The van der Waals surface area contributed by atoms with Gasteiger partial charge in [-0.2, -0.15) is 0 Å². The van der Waals surface area contributed by atoms with Gasteiger partial charge in [-0.25, -0.2) is 4.79 Å². The number of amides is 1. The van der Waals surface area contributed by atoms with Gasteiger partial charge in [-0.3, -0.25) is 14.6 Å². The Hall–Kier alpha value is -2.41. The van der Waals surface area contributed by atoms with Crippen molar-refractivity contribution in [2.45, 2.75) is 65.7 Å². The number of rotatable bonds is 8. The summed E-state index contributed by atoms with van der Waals surface area (Å²) in [6.45, 7) is 12.1. The Bertz CT molecular complexity index is 742. The predicted octanol–water partition coefficient (Wildman–Crippen LogP) is 3.66. The molecule has 31 heavy (non-hydrogen) atoms. The zero-order valence-corrected chi connectivity index (χ0v) is 19.4. The van der Waals surface area contributed by atoms with E-state index in [1.807, 2.05) is 65.0 Å². The summed E-state index contributed by atoms with van der Waals surface area (Å²) < 4.78 is 10.8. The summed E-state index contributed by atoms with van der Waals surface area (Å²) in [4.78, 5) is 39.9. The molecule has 1 aliphatic heterocycles. The zero-order valence-electron chi connectivity index (χ0n) is 19.4. The first kappa shape index (κ1) is 24.9. The summed E-state index contributed by atoms with van der Waals surface area (Å²) >= 11 is 0. The molecule has 0 N–H and O–H groups in total. The van der Waals surface area contributed by atoms with E-state index in [0.717, 1.165) is 24.8 Å². The van der Waals surface area contributed by atoms with Crippen LogP contribution in [0.5, 0.6) is 0 Å². The highest BCUT2D eigenvalue weighted by atomic mass is 16.6. The molecule has 0 bridgehead atoms. The van der Waals surface area contributed by atoms with Crippen LogP contribution in [0, 0.1) is 5.41 Å². The second kappa shape index (κ2) is 10.8. The number of carbonyl (C=O) groups is 3. The summed E-state index contributed by atoms with van der Waals surface area (Å²) in [5, 5.41) is 0. The summed E-state index contributed by atoms with van der Waals surface area (Å²) in [6.07, 6.45) is 1.47. The van der Waals surface area contributed by atoms with Crippen LogP contribution in [0.2, 0.25) is 0 Å². The Morgan fingerprint density at radius 2 is 1.77 bits per heavy atom. The Labute approximate surface area is 185 Å². The van der Waals surface area contributed by atoms with Gasteiger partial charge in [-0.15, -0.1) is 0 Å². The van der Waals surface area contributed by atoms with Crippen LogP contribution in [0.1, 0.15) is 53.0 Å². The monoisotopic (exact) mass is 432 g/mol. The van der Waals surface area contributed by atoms with Crippen molar-refractivity contribution in [1.29, 1.82) is 0 Å². The lowest BCUT2D eigenvalue weighted by Crippen LogP contribution is -2.57. The van der Waals surface area contributed by atoms with E-state index in [4.69, 9.17) is 9.47 Å². The van der Waals surface area contributed by atoms with Crippen LogP contribution in [0.25, 0.3) is 0 Å². The minimum atomic E-state index is -0.596. The molecule has 1 heterocycles. The summed E-state index contributed by atoms with van der Waals surface area (Å²) in [5.41, 5.74) is 0.143. The molecule has 7 nitrogen and oxygen atoms in total. The summed E-state index contributed by atoms with van der Waals surface area (Å²) in [5.74, 6) is -0.214. The van der Waals surface area contributed by atoms with Crippen LogP contribution in [0.3, 0.4) is 0 Å². The van der Waals surface area contributed by atoms with Crippen molar-refractivity contribution >= 4 is 18.3 Å². The third kappa shape index (κ3) is 8.69. The minimum Gasteiger partial charge on any atom is -0.461 e. The first-order valence-corrected chi connectivity index (χ1v) is 10.9. The van der Waals surface area contributed by atoms with Crippen molar-refractivity contribution in [3.8, 4) is 0 Å². The maximum atomic E-state index is 12.4. The van der Waals surface area contributed by atoms with E-state index >= 15 is 0 Å². The van der Waals surface area contributed by atoms with Crippen LogP contribution in [0.15, 0.2) is 30.3 Å². The van der Waals surface area contributed by atoms with Crippen molar-refractivity contribution in [2.75, 3.05) is 26.2 Å². The Kier molecular flexibility index (Phi) is 8.62. The molecular formula is C24H36N2O5. The van der Waals surface area contributed by atoms with Gasteiger partial charge < -0.3 is 14.3 Å². The first-order valence-electron chi connectivity index (χ1n) is 10.9. The molecule has 0 saturated carbocycles. The van der Waals surface area contributed by atoms with Gasteiger partial charge in [0, 0.05) is 19.6 Å². The van der Waals surface area contributed by atoms with Crippen LogP contribution >= 0.6 is 0 Å². The topological polar surface area (TPSA) is 76.2 Å². The van der Waals surface area contributed by atoms with Crippen LogP contribution in [0.4, 0.5) is 4.79 Å². The fourth-order valence-corrected chi connectivity index (χ4v) is 3.47. The van der Waals surface area contributed by atoms with Crippen LogP contribution in [-0.4, -0.2) is 66.0 Å². The minimum absolute atomic E-state index is 0.214. The van der Waals surface area contributed by atoms with Crippen LogP contribution in [-0.2, 0) is 25.7 Å². The Balaban J connectivity index is 1.79. The molecule has 1 atom stereocenters. The molecule has 0 aliphatic carbocycles. The van der Waals surface area contributed by atoms with Gasteiger partial charge in [0.2, 0.25) is 0 Å². The fraction of sp³-hybridized carbons (Fsp3) is 0.625. The molecule has 1 fully saturated rings. The van der Waals surface area contributed by atoms with Crippen molar-refractivity contribution in [3.63, 3.8) is 0 Å². The molecule has 0 radical (unpaired) electrons. The number of ether oxygens (including phenoxy) is 2. The van der Waals surface area contributed by atoms with Crippen molar-refractivity contribution < 1.29 is 23.9 Å². The lowest BCUT2D eigenvalue weighted by Gasteiger charge is -2.40. The van der Waals surface area contributed by atoms with Gasteiger partial charge in [0.05, 0.1) is 6.42 Å². The Morgan fingerprint density at radius 1 is 1.10 bits per heavy atom. The highest BCUT2D eigenvalue weighted by Crippen LogP contribution is 2.27. The highest BCUT2D eigenvalue weighted by Gasteiger charge is 2.34. The lowest BCUT2D eigenvalue weighted by molar-refractivity contribution is -0.147. The molecule has 172 valence electrons. The number of esters is 1. The Morgan fingerprint density at radius 3 is 2.39 bits per heavy atom. The number of carbonyl (C=O) groups excluding carboxylic acids is 3. The van der Waals surface area contributed by atoms with Gasteiger partial charge in [-0.1, -0.05) is 44.2 Å². The third-order valence-corrected chi connectivity index (χ3v) is 5.26. The van der Waals surface area contributed by atoms with Gasteiger partial charge in [0.15, 0.2) is 0 Å². The van der Waals surface area contributed by atoms with Gasteiger partial charge >= 0.3 is 12.1 Å². The van der Waals surface area contributed by atoms with E-state index in [2.05, 4.69) is 4.90 Å². The number of benzene rings is 1. The quantitative estimate of drug-likeness (QED) is 0.461. The summed E-state index contributed by atoms with van der Waals surface area (Å²) in [6, 6.07) is 9.10. The maximum absolute atomic E-state index is 12.4. The molecule has 1 saturated heterocycles. The molecule has 1 amide bonds. The first-order chi connectivity index (χ1) is 14.5. The standard InChI is InChI=1S/C24H36N2O5/c1-23(2,3)31-22(29)26-14-13-25(16-20(26)17-27)12-11-24(4,5)15-21(28)30-18-19-9-7-6-8-10-19/h6-10,17,20H,11-16,18H2,1-5H3. The number of nitrogens with zero attached hydrogens (tertiary/aromatic N) is 2. The molecule has 1 aromatic rings.